The number of likely N-dealkylation sites (tertiary alicyclic amines) is 1. The van der Waals surface area contributed by atoms with Crippen LogP contribution in [-0.2, 0) is 4.74 Å². The van der Waals surface area contributed by atoms with Gasteiger partial charge in [0.05, 0.1) is 35.8 Å². The zero-order valence-electron chi connectivity index (χ0n) is 13.8. The Bertz CT molecular complexity index is 590. The Balaban J connectivity index is 1.89. The number of nitrogens with zero attached hydrogens (tertiary/aromatic N) is 4. The number of ether oxygens (including phenoxy) is 1. The van der Waals surface area contributed by atoms with Gasteiger partial charge in [-0.05, 0) is 34.2 Å². The van der Waals surface area contributed by atoms with E-state index in [4.69, 9.17) is 4.74 Å². The molecule has 2 aliphatic heterocycles. The third-order valence-electron chi connectivity index (χ3n) is 4.73. The fourth-order valence-electron chi connectivity index (χ4n) is 3.34. The lowest BCUT2D eigenvalue weighted by Crippen LogP contribution is -2.61. The number of carbonyl (C=O) groups excluding carboxylic acids is 1. The molecule has 2 fully saturated rings. The van der Waals surface area contributed by atoms with E-state index in [0.717, 1.165) is 30.9 Å². The van der Waals surface area contributed by atoms with Crippen LogP contribution < -0.4 is 0 Å². The van der Waals surface area contributed by atoms with E-state index in [1.165, 1.54) is 0 Å². The zero-order chi connectivity index (χ0) is 15.9. The van der Waals surface area contributed by atoms with Crippen LogP contribution in [0.4, 0.5) is 0 Å². The number of hydrogen-bond donors (Lipinski definition) is 0. The fourth-order valence-corrected chi connectivity index (χ4v) is 3.34. The molecule has 22 heavy (non-hydrogen) atoms. The molecule has 3 rings (SSSR count). The third-order valence-corrected chi connectivity index (χ3v) is 4.73. The molecule has 0 aliphatic carbocycles. The lowest BCUT2D eigenvalue weighted by atomic mass is 9.98. The maximum Gasteiger partial charge on any atom is 0.274 e. The number of amides is 1. The molecule has 0 spiro atoms. The summed E-state index contributed by atoms with van der Waals surface area (Å²) in [6.07, 6.45) is 1.12. The standard InChI is InChI=1S/C16H24N4O2/c1-10-11(2)18-15(12(3)17-10)16(21)20-7-8-22-14-5-6-19(4)9-13(14)20/h13-14H,5-9H2,1-4H3/t13-,14+/m0/s1. The van der Waals surface area contributed by atoms with Crippen molar-refractivity contribution >= 4 is 5.91 Å². The normalized spacial score (nSPS) is 25.9. The van der Waals surface area contributed by atoms with Crippen LogP contribution in [0.25, 0.3) is 0 Å². The number of aryl methyl sites for hydroxylation is 3. The lowest BCUT2D eigenvalue weighted by molar-refractivity contribution is -0.0871. The van der Waals surface area contributed by atoms with Gasteiger partial charge in [-0.2, -0.15) is 0 Å². The second kappa shape index (κ2) is 5.93. The van der Waals surface area contributed by atoms with Crippen molar-refractivity contribution in [3.63, 3.8) is 0 Å². The smallest absolute Gasteiger partial charge is 0.274 e. The lowest BCUT2D eigenvalue weighted by Gasteiger charge is -2.46. The molecule has 3 heterocycles. The first-order valence-electron chi connectivity index (χ1n) is 7.90. The molecule has 0 unspecified atom stereocenters. The summed E-state index contributed by atoms with van der Waals surface area (Å²) in [6.45, 7) is 8.78. The zero-order valence-corrected chi connectivity index (χ0v) is 13.8. The highest BCUT2D eigenvalue weighted by Gasteiger charge is 2.39. The van der Waals surface area contributed by atoms with Gasteiger partial charge in [0.1, 0.15) is 5.69 Å². The maximum absolute atomic E-state index is 13.0. The Labute approximate surface area is 131 Å². The van der Waals surface area contributed by atoms with Crippen molar-refractivity contribution in [1.29, 1.82) is 0 Å². The molecule has 0 bridgehead atoms. The Morgan fingerprint density at radius 1 is 1.14 bits per heavy atom. The van der Waals surface area contributed by atoms with E-state index < -0.39 is 0 Å². The molecule has 2 saturated heterocycles. The van der Waals surface area contributed by atoms with Crippen molar-refractivity contribution in [2.75, 3.05) is 33.3 Å². The third kappa shape index (κ3) is 2.73. The first-order chi connectivity index (χ1) is 10.5. The number of carbonyl (C=O) groups is 1. The molecule has 0 saturated carbocycles. The van der Waals surface area contributed by atoms with Gasteiger partial charge in [0.2, 0.25) is 0 Å². The van der Waals surface area contributed by atoms with Gasteiger partial charge < -0.3 is 14.5 Å². The SMILES string of the molecule is Cc1nc(C)c(C(=O)N2CCO[C@@H]3CCN(C)C[C@@H]32)nc1C. The number of morpholine rings is 1. The summed E-state index contributed by atoms with van der Waals surface area (Å²) in [5.74, 6) is -0.0123. The van der Waals surface area contributed by atoms with Gasteiger partial charge in [0, 0.05) is 19.6 Å². The predicted molar refractivity (Wildman–Crippen MR) is 82.9 cm³/mol. The molecule has 6 nitrogen and oxygen atoms in total. The fraction of sp³-hybridized carbons (Fsp3) is 0.688. The summed E-state index contributed by atoms with van der Waals surface area (Å²) >= 11 is 0. The Morgan fingerprint density at radius 3 is 2.64 bits per heavy atom. The molecule has 0 N–H and O–H groups in total. The molecule has 120 valence electrons. The maximum atomic E-state index is 13.0. The van der Waals surface area contributed by atoms with E-state index in [9.17, 15) is 4.79 Å². The van der Waals surface area contributed by atoms with Crippen molar-refractivity contribution < 1.29 is 9.53 Å². The largest absolute Gasteiger partial charge is 0.374 e. The van der Waals surface area contributed by atoms with Crippen molar-refractivity contribution in [3.8, 4) is 0 Å². The molecular weight excluding hydrogens is 280 g/mol. The number of piperidine rings is 1. The minimum atomic E-state index is -0.0123. The predicted octanol–water partition coefficient (Wildman–Crippen LogP) is 0.947. The molecule has 2 atom stereocenters. The van der Waals surface area contributed by atoms with Crippen molar-refractivity contribution in [3.05, 3.63) is 22.8 Å². The van der Waals surface area contributed by atoms with Crippen molar-refractivity contribution in [2.24, 2.45) is 0 Å². The van der Waals surface area contributed by atoms with Gasteiger partial charge in [-0.15, -0.1) is 0 Å². The van der Waals surface area contributed by atoms with Crippen LogP contribution in [0.3, 0.4) is 0 Å². The van der Waals surface area contributed by atoms with Crippen LogP contribution in [0.15, 0.2) is 0 Å². The second-order valence-electron chi connectivity index (χ2n) is 6.35. The van der Waals surface area contributed by atoms with Crippen molar-refractivity contribution in [2.45, 2.75) is 39.3 Å². The van der Waals surface area contributed by atoms with Gasteiger partial charge in [-0.3, -0.25) is 9.78 Å². The highest BCUT2D eigenvalue weighted by Crippen LogP contribution is 2.24. The van der Waals surface area contributed by atoms with Crippen LogP contribution in [-0.4, -0.2) is 71.1 Å². The second-order valence-corrected chi connectivity index (χ2v) is 6.35. The monoisotopic (exact) mass is 304 g/mol. The molecule has 0 radical (unpaired) electrons. The van der Waals surface area contributed by atoms with Gasteiger partial charge in [0.25, 0.3) is 5.91 Å². The van der Waals surface area contributed by atoms with E-state index in [0.29, 0.717) is 24.5 Å². The molecule has 0 aromatic carbocycles. The number of rotatable bonds is 1. The number of aromatic nitrogens is 2. The summed E-state index contributed by atoms with van der Waals surface area (Å²) in [4.78, 5) is 26.1. The molecular formula is C16H24N4O2. The summed E-state index contributed by atoms with van der Waals surface area (Å²) in [6, 6.07) is 0.114. The van der Waals surface area contributed by atoms with Gasteiger partial charge >= 0.3 is 0 Å². The first-order valence-corrected chi connectivity index (χ1v) is 7.90. The quantitative estimate of drug-likeness (QED) is 0.773. The molecule has 1 aromatic heterocycles. The van der Waals surface area contributed by atoms with E-state index in [1.54, 1.807) is 0 Å². The number of hydrogen-bond acceptors (Lipinski definition) is 5. The summed E-state index contributed by atoms with van der Waals surface area (Å²) in [5, 5.41) is 0. The van der Waals surface area contributed by atoms with Crippen LogP contribution in [0.2, 0.25) is 0 Å². The van der Waals surface area contributed by atoms with E-state index in [1.807, 2.05) is 25.7 Å². The molecule has 2 aliphatic rings. The minimum Gasteiger partial charge on any atom is -0.374 e. The summed E-state index contributed by atoms with van der Waals surface area (Å²) in [7, 11) is 2.09. The van der Waals surface area contributed by atoms with Gasteiger partial charge in [-0.1, -0.05) is 0 Å². The number of fused-ring (bicyclic) bond motifs is 1. The van der Waals surface area contributed by atoms with Crippen LogP contribution in [0, 0.1) is 20.8 Å². The van der Waals surface area contributed by atoms with E-state index in [2.05, 4.69) is 21.9 Å². The minimum absolute atomic E-state index is 0.0123. The van der Waals surface area contributed by atoms with Crippen LogP contribution >= 0.6 is 0 Å². The average molecular weight is 304 g/mol. The Hall–Kier alpha value is -1.53. The Morgan fingerprint density at radius 2 is 1.86 bits per heavy atom. The van der Waals surface area contributed by atoms with Crippen LogP contribution in [0.1, 0.15) is 34.0 Å². The van der Waals surface area contributed by atoms with Gasteiger partial charge in [0.15, 0.2) is 0 Å². The molecule has 1 amide bonds. The highest BCUT2D eigenvalue weighted by molar-refractivity contribution is 5.93. The van der Waals surface area contributed by atoms with Crippen molar-refractivity contribution in [1.82, 2.24) is 19.8 Å². The number of likely N-dealkylation sites (N-methyl/N-ethyl adjacent to an activating group) is 1. The Kier molecular flexibility index (Phi) is 4.14. The van der Waals surface area contributed by atoms with Gasteiger partial charge in [-0.25, -0.2) is 4.98 Å². The summed E-state index contributed by atoms with van der Waals surface area (Å²) in [5.41, 5.74) is 2.89. The molecule has 6 heteroatoms. The topological polar surface area (TPSA) is 58.6 Å². The molecule has 1 aromatic rings. The summed E-state index contributed by atoms with van der Waals surface area (Å²) < 4.78 is 5.86. The first kappa shape index (κ1) is 15.4. The van der Waals surface area contributed by atoms with E-state index in [-0.39, 0.29) is 18.1 Å². The highest BCUT2D eigenvalue weighted by atomic mass is 16.5. The average Bonchev–Trinajstić information content (AvgIpc) is 2.49. The van der Waals surface area contributed by atoms with Crippen LogP contribution in [0.5, 0.6) is 0 Å². The van der Waals surface area contributed by atoms with E-state index >= 15 is 0 Å².